The molecular weight excluding hydrogens is 606 g/mol. The summed E-state index contributed by atoms with van der Waals surface area (Å²) in [5.74, 6) is 0.588. The van der Waals surface area contributed by atoms with E-state index in [0.29, 0.717) is 38.5 Å². The minimum atomic E-state index is -1.16. The summed E-state index contributed by atoms with van der Waals surface area (Å²) in [7, 11) is 0. The lowest BCUT2D eigenvalue weighted by molar-refractivity contribution is -0.160. The fourth-order valence-corrected chi connectivity index (χ4v) is 6.84. The number of ether oxygens (including phenoxy) is 4. The Morgan fingerprint density at radius 1 is 1.04 bits per heavy atom. The maximum Gasteiger partial charge on any atom is 0.337 e. The number of hydrogen-bond donors (Lipinski definition) is 1. The van der Waals surface area contributed by atoms with Crippen LogP contribution >= 0.6 is 0 Å². The molecule has 1 N–H and O–H groups in total. The van der Waals surface area contributed by atoms with Crippen LogP contribution in [0.15, 0.2) is 48.7 Å². The second-order valence-electron chi connectivity index (χ2n) is 14.6. The molecule has 2 aromatic carbocycles. The monoisotopic (exact) mass is 655 g/mol. The van der Waals surface area contributed by atoms with Crippen molar-refractivity contribution in [3.8, 4) is 28.1 Å². The number of nitrogens with zero attached hydrogens (tertiary/aromatic N) is 3. The minimum absolute atomic E-state index is 0.145. The minimum Gasteiger partial charge on any atom is -0.488 e. The van der Waals surface area contributed by atoms with Gasteiger partial charge in [0.15, 0.2) is 6.10 Å². The molecular formula is C39H49N3O6. The van der Waals surface area contributed by atoms with Gasteiger partial charge in [-0.1, -0.05) is 29.8 Å². The van der Waals surface area contributed by atoms with Crippen molar-refractivity contribution in [1.82, 2.24) is 9.38 Å². The van der Waals surface area contributed by atoms with Crippen molar-refractivity contribution < 1.29 is 28.8 Å². The summed E-state index contributed by atoms with van der Waals surface area (Å²) in [6.07, 6.45) is 2.29. The molecule has 3 aliphatic heterocycles. The van der Waals surface area contributed by atoms with Gasteiger partial charge in [0.05, 0.1) is 36.7 Å². The van der Waals surface area contributed by atoms with E-state index in [1.807, 2.05) is 59.9 Å². The van der Waals surface area contributed by atoms with Crippen LogP contribution in [0.5, 0.6) is 5.75 Å². The molecule has 6 bridgehead atoms. The summed E-state index contributed by atoms with van der Waals surface area (Å²) >= 11 is 0. The Bertz CT molecular complexity index is 1810. The third-order valence-electron chi connectivity index (χ3n) is 9.52. The summed E-state index contributed by atoms with van der Waals surface area (Å²) < 4.78 is 27.2. The predicted octanol–water partition coefficient (Wildman–Crippen LogP) is 7.71. The largest absolute Gasteiger partial charge is 0.488 e. The quantitative estimate of drug-likeness (QED) is 0.225. The first-order chi connectivity index (χ1) is 22.7. The first kappa shape index (κ1) is 34.0. The van der Waals surface area contributed by atoms with Gasteiger partial charge in [-0.25, -0.2) is 9.78 Å². The van der Waals surface area contributed by atoms with E-state index < -0.39 is 17.7 Å². The van der Waals surface area contributed by atoms with Gasteiger partial charge in [0, 0.05) is 36.0 Å². The van der Waals surface area contributed by atoms with Crippen molar-refractivity contribution in [2.75, 3.05) is 37.8 Å². The second kappa shape index (κ2) is 13.2. The molecule has 1 fully saturated rings. The van der Waals surface area contributed by atoms with Crippen molar-refractivity contribution in [1.29, 1.82) is 0 Å². The van der Waals surface area contributed by atoms with E-state index in [0.717, 1.165) is 69.1 Å². The molecule has 0 amide bonds. The molecule has 2 aromatic heterocycles. The van der Waals surface area contributed by atoms with Crippen LogP contribution in [-0.2, 0) is 19.0 Å². The van der Waals surface area contributed by atoms with Crippen LogP contribution in [0.1, 0.15) is 75.8 Å². The number of benzene rings is 2. The number of hydrogen-bond acceptors (Lipinski definition) is 7. The Morgan fingerprint density at radius 2 is 1.77 bits per heavy atom. The molecule has 48 heavy (non-hydrogen) atoms. The van der Waals surface area contributed by atoms with Crippen LogP contribution in [0.2, 0.25) is 0 Å². The number of piperidine rings is 1. The normalized spacial score (nSPS) is 21.2. The third-order valence-corrected chi connectivity index (χ3v) is 9.52. The first-order valence-corrected chi connectivity index (χ1v) is 17.0. The molecule has 7 rings (SSSR count). The fourth-order valence-electron chi connectivity index (χ4n) is 6.84. The number of carbonyl (C=O) groups is 1. The van der Waals surface area contributed by atoms with E-state index >= 15 is 0 Å². The SMILES string of the molecule is Cc1ccc2c(c1)-c1cccc(c1)-c1cn3c(c([C@H](OC(C)(C)C)C(=O)O)c(C)c(C)c3n1)N1CCC(C)(CC1)OCCOC[C@H](C)O2. The van der Waals surface area contributed by atoms with Gasteiger partial charge in [0.25, 0.3) is 0 Å². The van der Waals surface area contributed by atoms with Crippen LogP contribution in [0.25, 0.3) is 28.0 Å². The van der Waals surface area contributed by atoms with Crippen LogP contribution < -0.4 is 9.64 Å². The van der Waals surface area contributed by atoms with E-state index in [1.54, 1.807) is 0 Å². The van der Waals surface area contributed by atoms with E-state index in [-0.39, 0.29) is 11.7 Å². The zero-order chi connectivity index (χ0) is 34.4. The first-order valence-electron chi connectivity index (χ1n) is 17.0. The molecule has 256 valence electrons. The molecule has 3 aliphatic rings. The summed E-state index contributed by atoms with van der Waals surface area (Å²) in [5, 5.41) is 10.6. The number of rotatable bonds is 3. The van der Waals surface area contributed by atoms with Gasteiger partial charge in [-0.3, -0.25) is 4.40 Å². The number of fused-ring (bicyclic) bond motifs is 8. The Hall–Kier alpha value is -3.92. The number of aliphatic carboxylic acids is 1. The number of aromatic nitrogens is 2. The van der Waals surface area contributed by atoms with Gasteiger partial charge in [0.2, 0.25) is 0 Å². The highest BCUT2D eigenvalue weighted by Crippen LogP contribution is 2.41. The highest BCUT2D eigenvalue weighted by atomic mass is 16.6. The fraction of sp³-hybridized carbons (Fsp3) is 0.487. The number of carboxylic acid groups (broad SMARTS) is 1. The van der Waals surface area contributed by atoms with Gasteiger partial charge in [-0.15, -0.1) is 0 Å². The van der Waals surface area contributed by atoms with Crippen molar-refractivity contribution in [3.05, 3.63) is 70.9 Å². The standard InChI is InChI=1S/C39H49N3O6/c1-24-12-13-32-30(20-24)28-10-9-11-29(21-28)31-22-42-35(40-31)27(4)26(3)33(34(37(43)44)48-38(5,6)7)36(42)41-16-14-39(8,15-17-41)46-19-18-45-23-25(2)47-32/h9-13,20-22,25,34H,14-19,23H2,1-8H3,(H,43,44)/t25-,34-/m0/s1. The van der Waals surface area contributed by atoms with Crippen molar-refractivity contribution >= 4 is 17.4 Å². The lowest BCUT2D eigenvalue weighted by atomic mass is 9.92. The summed E-state index contributed by atoms with van der Waals surface area (Å²) in [5.41, 5.74) is 7.17. The average Bonchev–Trinajstić information content (AvgIpc) is 3.48. The van der Waals surface area contributed by atoms with Gasteiger partial charge in [0.1, 0.15) is 23.3 Å². The number of aryl methyl sites for hydroxylation is 2. The van der Waals surface area contributed by atoms with E-state index in [2.05, 4.69) is 53.5 Å². The Labute approximate surface area is 283 Å². The molecule has 1 saturated heterocycles. The molecule has 0 radical (unpaired) electrons. The van der Waals surface area contributed by atoms with Crippen molar-refractivity contribution in [2.24, 2.45) is 0 Å². The molecule has 0 aliphatic carbocycles. The van der Waals surface area contributed by atoms with Crippen LogP contribution in [0, 0.1) is 20.8 Å². The van der Waals surface area contributed by atoms with Crippen LogP contribution in [0.4, 0.5) is 5.82 Å². The molecule has 4 aromatic rings. The zero-order valence-electron chi connectivity index (χ0n) is 29.6. The van der Waals surface area contributed by atoms with Crippen molar-refractivity contribution in [3.63, 3.8) is 0 Å². The number of imidazole rings is 1. The Kier molecular flexibility index (Phi) is 9.32. The molecule has 0 saturated carbocycles. The summed E-state index contributed by atoms with van der Waals surface area (Å²) in [6.45, 7) is 18.7. The van der Waals surface area contributed by atoms with Gasteiger partial charge < -0.3 is 29.0 Å². The Balaban J connectivity index is 1.56. The van der Waals surface area contributed by atoms with E-state index in [9.17, 15) is 9.90 Å². The van der Waals surface area contributed by atoms with Crippen molar-refractivity contribution in [2.45, 2.75) is 91.6 Å². The highest BCUT2D eigenvalue weighted by molar-refractivity contribution is 5.82. The van der Waals surface area contributed by atoms with Gasteiger partial charge in [-0.2, -0.15) is 0 Å². The molecule has 0 spiro atoms. The Morgan fingerprint density at radius 3 is 2.48 bits per heavy atom. The zero-order valence-corrected chi connectivity index (χ0v) is 29.6. The smallest absolute Gasteiger partial charge is 0.337 e. The molecule has 5 heterocycles. The molecule has 0 unspecified atom stereocenters. The molecule has 9 nitrogen and oxygen atoms in total. The summed E-state index contributed by atoms with van der Waals surface area (Å²) in [6, 6.07) is 14.6. The number of anilines is 1. The topological polar surface area (TPSA) is 94.8 Å². The van der Waals surface area contributed by atoms with Crippen LogP contribution in [0.3, 0.4) is 0 Å². The average molecular weight is 656 g/mol. The van der Waals surface area contributed by atoms with Crippen LogP contribution in [-0.4, -0.2) is 70.7 Å². The van der Waals surface area contributed by atoms with Gasteiger partial charge >= 0.3 is 5.97 Å². The number of carboxylic acids is 1. The highest BCUT2D eigenvalue weighted by Gasteiger charge is 2.38. The van der Waals surface area contributed by atoms with E-state index in [4.69, 9.17) is 23.9 Å². The number of pyridine rings is 1. The van der Waals surface area contributed by atoms with Gasteiger partial charge in [-0.05, 0) is 103 Å². The lowest BCUT2D eigenvalue weighted by Crippen LogP contribution is -2.46. The molecule has 2 atom stereocenters. The molecule has 9 heteroatoms. The summed E-state index contributed by atoms with van der Waals surface area (Å²) in [4.78, 5) is 20.4. The third kappa shape index (κ3) is 6.95. The lowest BCUT2D eigenvalue weighted by Gasteiger charge is -2.42. The maximum absolute atomic E-state index is 13.0. The second-order valence-corrected chi connectivity index (χ2v) is 14.6. The maximum atomic E-state index is 13.0. The van der Waals surface area contributed by atoms with E-state index in [1.165, 1.54) is 0 Å². The predicted molar refractivity (Wildman–Crippen MR) is 188 cm³/mol.